The lowest BCUT2D eigenvalue weighted by Gasteiger charge is -2.21. The van der Waals surface area contributed by atoms with E-state index < -0.39 is 11.7 Å². The summed E-state index contributed by atoms with van der Waals surface area (Å²) in [6, 6.07) is 9.49. The van der Waals surface area contributed by atoms with Gasteiger partial charge in [0.25, 0.3) is 0 Å². The number of benzene rings is 1. The Morgan fingerprint density at radius 3 is 2.47 bits per heavy atom. The van der Waals surface area contributed by atoms with E-state index in [1.54, 1.807) is 20.8 Å². The Hall–Kier alpha value is -1.59. The first-order valence-electron chi connectivity index (χ1n) is 6.31. The number of hydrogen-bond acceptors (Lipinski definition) is 4. The molecule has 0 radical (unpaired) electrons. The van der Waals surface area contributed by atoms with Gasteiger partial charge in [0, 0.05) is 6.54 Å². The van der Waals surface area contributed by atoms with Gasteiger partial charge in [0.15, 0.2) is 0 Å². The Morgan fingerprint density at radius 1 is 1.32 bits per heavy atom. The van der Waals surface area contributed by atoms with Gasteiger partial charge in [0.05, 0.1) is 6.04 Å². The summed E-state index contributed by atoms with van der Waals surface area (Å²) in [6.45, 7) is 5.70. The van der Waals surface area contributed by atoms with E-state index in [4.69, 9.17) is 9.94 Å². The fraction of sp³-hybridized carbons (Fsp3) is 0.500. The van der Waals surface area contributed by atoms with E-state index >= 15 is 0 Å². The molecule has 1 amide bonds. The average Bonchev–Trinajstić information content (AvgIpc) is 2.33. The number of hydrogen-bond donors (Lipinski definition) is 3. The smallest absolute Gasteiger partial charge is 0.407 e. The van der Waals surface area contributed by atoms with Gasteiger partial charge in [-0.05, 0) is 32.8 Å². The van der Waals surface area contributed by atoms with Crippen molar-refractivity contribution in [1.82, 2.24) is 10.8 Å². The van der Waals surface area contributed by atoms with E-state index in [9.17, 15) is 4.79 Å². The van der Waals surface area contributed by atoms with Crippen molar-refractivity contribution in [1.29, 1.82) is 0 Å². The highest BCUT2D eigenvalue weighted by Crippen LogP contribution is 2.07. The zero-order valence-corrected chi connectivity index (χ0v) is 11.6. The highest BCUT2D eigenvalue weighted by Gasteiger charge is 2.17. The van der Waals surface area contributed by atoms with Gasteiger partial charge in [0.1, 0.15) is 5.60 Å². The van der Waals surface area contributed by atoms with Crippen LogP contribution in [0.1, 0.15) is 26.3 Å². The Morgan fingerprint density at radius 2 is 1.95 bits per heavy atom. The number of amides is 1. The van der Waals surface area contributed by atoms with E-state index in [2.05, 4.69) is 10.8 Å². The molecule has 0 saturated heterocycles. The molecule has 106 valence electrons. The van der Waals surface area contributed by atoms with Crippen LogP contribution >= 0.6 is 0 Å². The van der Waals surface area contributed by atoms with Crippen LogP contribution in [0.2, 0.25) is 0 Å². The minimum absolute atomic E-state index is 0.255. The molecule has 1 atom stereocenters. The van der Waals surface area contributed by atoms with Gasteiger partial charge in [-0.25, -0.2) is 10.3 Å². The van der Waals surface area contributed by atoms with Gasteiger partial charge >= 0.3 is 6.09 Å². The Bertz CT molecular complexity index is 387. The van der Waals surface area contributed by atoms with Crippen LogP contribution in [0.15, 0.2) is 30.3 Å². The van der Waals surface area contributed by atoms with Crippen LogP contribution in [-0.4, -0.2) is 29.5 Å². The zero-order valence-electron chi connectivity index (χ0n) is 11.6. The normalized spacial score (nSPS) is 12.8. The van der Waals surface area contributed by atoms with Gasteiger partial charge in [-0.15, -0.1) is 0 Å². The summed E-state index contributed by atoms with van der Waals surface area (Å²) < 4.78 is 5.12. The minimum Gasteiger partial charge on any atom is -0.444 e. The van der Waals surface area contributed by atoms with Gasteiger partial charge in [-0.3, -0.25) is 0 Å². The number of nitrogens with one attached hydrogen (secondary N) is 2. The quantitative estimate of drug-likeness (QED) is 0.714. The number of ether oxygens (including phenoxy) is 1. The van der Waals surface area contributed by atoms with Crippen molar-refractivity contribution in [2.24, 2.45) is 0 Å². The summed E-state index contributed by atoms with van der Waals surface area (Å²) in [6.07, 6.45) is 0.133. The lowest BCUT2D eigenvalue weighted by atomic mass is 10.1. The van der Waals surface area contributed by atoms with Crippen molar-refractivity contribution in [2.75, 3.05) is 6.54 Å². The molecule has 1 aromatic carbocycles. The Kier molecular flexibility index (Phi) is 5.79. The number of rotatable bonds is 5. The summed E-state index contributed by atoms with van der Waals surface area (Å²) >= 11 is 0. The van der Waals surface area contributed by atoms with Crippen LogP contribution in [0.25, 0.3) is 0 Å². The molecular weight excluding hydrogens is 244 g/mol. The minimum atomic E-state index is -0.522. The summed E-state index contributed by atoms with van der Waals surface area (Å²) in [4.78, 5) is 11.5. The molecule has 0 aromatic heterocycles. The summed E-state index contributed by atoms with van der Waals surface area (Å²) in [7, 11) is 0. The van der Waals surface area contributed by atoms with Gasteiger partial charge in [-0.1, -0.05) is 30.3 Å². The van der Waals surface area contributed by atoms with E-state index in [-0.39, 0.29) is 6.04 Å². The van der Waals surface area contributed by atoms with Crippen molar-refractivity contribution < 1.29 is 14.7 Å². The molecule has 0 heterocycles. The molecule has 5 heteroatoms. The molecule has 1 rings (SSSR count). The van der Waals surface area contributed by atoms with E-state index in [1.165, 1.54) is 0 Å². The highest BCUT2D eigenvalue weighted by molar-refractivity contribution is 5.67. The monoisotopic (exact) mass is 266 g/mol. The highest BCUT2D eigenvalue weighted by atomic mass is 16.6. The predicted molar refractivity (Wildman–Crippen MR) is 73.1 cm³/mol. The van der Waals surface area contributed by atoms with Crippen molar-refractivity contribution in [2.45, 2.75) is 38.8 Å². The lowest BCUT2D eigenvalue weighted by Crippen LogP contribution is -2.42. The number of carbonyl (C=O) groups is 1. The molecule has 0 bridgehead atoms. The van der Waals surface area contributed by atoms with E-state index in [0.717, 1.165) is 5.56 Å². The SMILES string of the molecule is CC(C)(C)OC(=O)NCC(Cc1ccccc1)NO. The summed E-state index contributed by atoms with van der Waals surface area (Å²) in [5, 5.41) is 11.7. The molecule has 0 spiro atoms. The molecule has 5 nitrogen and oxygen atoms in total. The van der Waals surface area contributed by atoms with Crippen LogP contribution in [-0.2, 0) is 11.2 Å². The predicted octanol–water partition coefficient (Wildman–Crippen LogP) is 2.10. The number of alkyl carbamates (subject to hydrolysis) is 1. The van der Waals surface area contributed by atoms with Gasteiger partial charge < -0.3 is 15.3 Å². The van der Waals surface area contributed by atoms with Crippen LogP contribution < -0.4 is 10.8 Å². The van der Waals surface area contributed by atoms with Crippen LogP contribution in [0, 0.1) is 0 Å². The average molecular weight is 266 g/mol. The maximum atomic E-state index is 11.5. The second kappa shape index (κ2) is 7.11. The molecule has 1 aromatic rings. The zero-order chi connectivity index (χ0) is 14.3. The third-order valence-electron chi connectivity index (χ3n) is 2.40. The number of hydroxylamine groups is 1. The molecule has 3 N–H and O–H groups in total. The fourth-order valence-corrected chi connectivity index (χ4v) is 1.58. The Balaban J connectivity index is 2.39. The summed E-state index contributed by atoms with van der Waals surface area (Å²) in [5.41, 5.74) is 2.76. The van der Waals surface area contributed by atoms with E-state index in [1.807, 2.05) is 30.3 Å². The first kappa shape index (κ1) is 15.5. The molecule has 19 heavy (non-hydrogen) atoms. The molecule has 0 saturated carbocycles. The van der Waals surface area contributed by atoms with Gasteiger partial charge in [-0.2, -0.15) is 0 Å². The molecule has 0 aliphatic rings. The summed E-state index contributed by atoms with van der Waals surface area (Å²) in [5.74, 6) is 0. The molecule has 1 unspecified atom stereocenters. The van der Waals surface area contributed by atoms with Gasteiger partial charge in [0.2, 0.25) is 0 Å². The van der Waals surface area contributed by atoms with Crippen molar-refractivity contribution in [3.05, 3.63) is 35.9 Å². The number of carbonyl (C=O) groups excluding carboxylic acids is 1. The Labute approximate surface area is 113 Å². The van der Waals surface area contributed by atoms with Crippen LogP contribution in [0.5, 0.6) is 0 Å². The largest absolute Gasteiger partial charge is 0.444 e. The molecule has 0 aliphatic carbocycles. The second-order valence-electron chi connectivity index (χ2n) is 5.40. The fourth-order valence-electron chi connectivity index (χ4n) is 1.58. The molecule has 0 fully saturated rings. The molecular formula is C14H22N2O3. The third kappa shape index (κ3) is 6.79. The maximum absolute atomic E-state index is 11.5. The van der Waals surface area contributed by atoms with Crippen LogP contribution in [0.3, 0.4) is 0 Å². The van der Waals surface area contributed by atoms with Crippen LogP contribution in [0.4, 0.5) is 4.79 Å². The first-order chi connectivity index (χ1) is 8.90. The standard InChI is InChI=1S/C14H22N2O3/c1-14(2,3)19-13(17)15-10-12(16-18)9-11-7-5-4-6-8-11/h4-8,12,16,18H,9-10H2,1-3H3,(H,15,17). The lowest BCUT2D eigenvalue weighted by molar-refractivity contribution is 0.0502. The van der Waals surface area contributed by atoms with Crippen molar-refractivity contribution in [3.8, 4) is 0 Å². The van der Waals surface area contributed by atoms with Crippen molar-refractivity contribution in [3.63, 3.8) is 0 Å². The third-order valence-corrected chi connectivity index (χ3v) is 2.40. The topological polar surface area (TPSA) is 70.6 Å². The first-order valence-corrected chi connectivity index (χ1v) is 6.31. The maximum Gasteiger partial charge on any atom is 0.407 e. The second-order valence-corrected chi connectivity index (χ2v) is 5.40. The van der Waals surface area contributed by atoms with E-state index in [0.29, 0.717) is 13.0 Å². The molecule has 0 aliphatic heterocycles. The van der Waals surface area contributed by atoms with Crippen molar-refractivity contribution >= 4 is 6.09 Å².